The zero-order chi connectivity index (χ0) is 22.3. The van der Waals surface area contributed by atoms with Crippen molar-refractivity contribution in [2.24, 2.45) is 0 Å². The first-order chi connectivity index (χ1) is 14.7. The third kappa shape index (κ3) is 3.41. The molecule has 3 amide bonds. The quantitative estimate of drug-likeness (QED) is 0.587. The molecule has 1 N–H and O–H groups in total. The van der Waals surface area contributed by atoms with Gasteiger partial charge in [0.2, 0.25) is 11.8 Å². The SMILES string of the molecule is Cc1ccc([N+](=O)[O-])cc1NC(=O)CCN1C(=O)c2ccccc2N2C(=O)CCC12C. The number of carbonyl (C=O) groups excluding carboxylic acids is 3. The molecule has 0 saturated carbocycles. The number of nitrogens with zero attached hydrogens (tertiary/aromatic N) is 3. The van der Waals surface area contributed by atoms with Crippen LogP contribution in [0.25, 0.3) is 0 Å². The summed E-state index contributed by atoms with van der Waals surface area (Å²) in [5.74, 6) is -0.637. The number of amides is 3. The summed E-state index contributed by atoms with van der Waals surface area (Å²) in [6.07, 6.45) is 0.804. The van der Waals surface area contributed by atoms with Gasteiger partial charge in [-0.15, -0.1) is 0 Å². The van der Waals surface area contributed by atoms with Gasteiger partial charge >= 0.3 is 0 Å². The number of nitro benzene ring substituents is 1. The van der Waals surface area contributed by atoms with Crippen LogP contribution in [0.2, 0.25) is 0 Å². The number of rotatable bonds is 5. The van der Waals surface area contributed by atoms with Gasteiger partial charge in [0.15, 0.2) is 0 Å². The molecule has 1 atom stereocenters. The van der Waals surface area contributed by atoms with Crippen LogP contribution >= 0.6 is 0 Å². The molecular weight excluding hydrogens is 400 g/mol. The van der Waals surface area contributed by atoms with E-state index in [1.165, 1.54) is 12.1 Å². The first kappa shape index (κ1) is 20.5. The number of aryl methyl sites for hydroxylation is 1. The molecule has 2 aromatic rings. The zero-order valence-corrected chi connectivity index (χ0v) is 17.3. The molecule has 0 bridgehead atoms. The first-order valence-electron chi connectivity index (χ1n) is 10.0. The van der Waals surface area contributed by atoms with E-state index in [4.69, 9.17) is 0 Å². The molecule has 1 saturated heterocycles. The summed E-state index contributed by atoms with van der Waals surface area (Å²) < 4.78 is 0. The number of hydrogen-bond acceptors (Lipinski definition) is 5. The second kappa shape index (κ2) is 7.50. The number of para-hydroxylation sites is 1. The van der Waals surface area contributed by atoms with Crippen molar-refractivity contribution in [3.05, 3.63) is 63.7 Å². The van der Waals surface area contributed by atoms with E-state index < -0.39 is 10.6 Å². The lowest BCUT2D eigenvalue weighted by atomic mass is 9.98. The number of hydrogen-bond donors (Lipinski definition) is 1. The minimum Gasteiger partial charge on any atom is -0.326 e. The fourth-order valence-electron chi connectivity index (χ4n) is 4.33. The van der Waals surface area contributed by atoms with Crippen molar-refractivity contribution in [1.82, 2.24) is 4.90 Å². The van der Waals surface area contributed by atoms with Crippen molar-refractivity contribution < 1.29 is 19.3 Å². The Morgan fingerprint density at radius 2 is 1.97 bits per heavy atom. The molecule has 0 radical (unpaired) electrons. The predicted octanol–water partition coefficient (Wildman–Crippen LogP) is 3.23. The fourth-order valence-corrected chi connectivity index (χ4v) is 4.33. The number of non-ortho nitro benzene ring substituents is 1. The number of benzene rings is 2. The molecule has 2 aromatic carbocycles. The molecule has 1 fully saturated rings. The standard InChI is InChI=1S/C22H22N4O5/c1-14-7-8-15(26(30)31)13-17(14)23-19(27)10-12-24-21(29)16-5-3-4-6-18(16)25-20(28)9-11-22(24,25)2/h3-8,13H,9-12H2,1-2H3,(H,23,27). The van der Waals surface area contributed by atoms with Crippen molar-refractivity contribution in [2.75, 3.05) is 16.8 Å². The summed E-state index contributed by atoms with van der Waals surface area (Å²) in [7, 11) is 0. The van der Waals surface area contributed by atoms with Gasteiger partial charge in [-0.2, -0.15) is 0 Å². The molecule has 2 aliphatic rings. The molecular formula is C22H22N4O5. The number of fused-ring (bicyclic) bond motifs is 3. The van der Waals surface area contributed by atoms with Crippen LogP contribution in [-0.2, 0) is 9.59 Å². The molecule has 0 aliphatic carbocycles. The van der Waals surface area contributed by atoms with Crippen LogP contribution in [0.4, 0.5) is 17.1 Å². The summed E-state index contributed by atoms with van der Waals surface area (Å²) in [5, 5.41) is 13.7. The maximum Gasteiger partial charge on any atom is 0.271 e. The maximum absolute atomic E-state index is 13.2. The first-order valence-corrected chi connectivity index (χ1v) is 10.0. The van der Waals surface area contributed by atoms with E-state index in [-0.39, 0.29) is 36.4 Å². The Labute approximate surface area is 178 Å². The minimum atomic E-state index is -0.829. The highest BCUT2D eigenvalue weighted by Gasteiger charge is 2.52. The molecule has 0 spiro atoms. The number of carbonyl (C=O) groups is 3. The third-order valence-corrected chi connectivity index (χ3v) is 6.01. The van der Waals surface area contributed by atoms with Gasteiger partial charge in [0, 0.05) is 31.5 Å². The summed E-state index contributed by atoms with van der Waals surface area (Å²) in [6, 6.07) is 11.3. The van der Waals surface area contributed by atoms with Crippen LogP contribution in [0, 0.1) is 17.0 Å². The normalized spacial score (nSPS) is 19.8. The van der Waals surface area contributed by atoms with Crippen molar-refractivity contribution in [2.45, 2.75) is 38.8 Å². The van der Waals surface area contributed by atoms with Gasteiger partial charge in [0.05, 0.1) is 21.9 Å². The Hall–Kier alpha value is -3.75. The van der Waals surface area contributed by atoms with E-state index in [2.05, 4.69) is 5.32 Å². The van der Waals surface area contributed by atoms with Gasteiger partial charge in [0.25, 0.3) is 11.6 Å². The largest absolute Gasteiger partial charge is 0.326 e. The Balaban J connectivity index is 1.54. The van der Waals surface area contributed by atoms with E-state index in [1.54, 1.807) is 47.1 Å². The molecule has 31 heavy (non-hydrogen) atoms. The molecule has 9 heteroatoms. The van der Waals surface area contributed by atoms with Gasteiger partial charge in [-0.25, -0.2) is 0 Å². The molecule has 2 heterocycles. The Morgan fingerprint density at radius 1 is 1.23 bits per heavy atom. The van der Waals surface area contributed by atoms with Crippen LogP contribution in [0.5, 0.6) is 0 Å². The zero-order valence-electron chi connectivity index (χ0n) is 17.3. The molecule has 4 rings (SSSR count). The Bertz CT molecular complexity index is 1110. The number of anilines is 2. The third-order valence-electron chi connectivity index (χ3n) is 6.01. The fraction of sp³-hybridized carbons (Fsp3) is 0.318. The lowest BCUT2D eigenvalue weighted by Crippen LogP contribution is -2.62. The maximum atomic E-state index is 13.2. The highest BCUT2D eigenvalue weighted by Crippen LogP contribution is 2.44. The summed E-state index contributed by atoms with van der Waals surface area (Å²) in [4.78, 5) is 52.1. The minimum absolute atomic E-state index is 0.00629. The van der Waals surface area contributed by atoms with Gasteiger partial charge < -0.3 is 10.2 Å². The average molecular weight is 422 g/mol. The predicted molar refractivity (Wildman–Crippen MR) is 114 cm³/mol. The topological polar surface area (TPSA) is 113 Å². The lowest BCUT2D eigenvalue weighted by molar-refractivity contribution is -0.384. The van der Waals surface area contributed by atoms with Crippen LogP contribution in [0.1, 0.15) is 42.1 Å². The second-order valence-electron chi connectivity index (χ2n) is 7.97. The highest BCUT2D eigenvalue weighted by molar-refractivity contribution is 6.10. The van der Waals surface area contributed by atoms with Crippen molar-refractivity contribution >= 4 is 34.8 Å². The van der Waals surface area contributed by atoms with Crippen molar-refractivity contribution in [3.63, 3.8) is 0 Å². The lowest BCUT2D eigenvalue weighted by Gasteiger charge is -2.48. The van der Waals surface area contributed by atoms with Crippen molar-refractivity contribution in [1.29, 1.82) is 0 Å². The summed E-state index contributed by atoms with van der Waals surface area (Å²) >= 11 is 0. The highest BCUT2D eigenvalue weighted by atomic mass is 16.6. The van der Waals surface area contributed by atoms with E-state index in [9.17, 15) is 24.5 Å². The summed E-state index contributed by atoms with van der Waals surface area (Å²) in [6.45, 7) is 3.70. The smallest absolute Gasteiger partial charge is 0.271 e. The Morgan fingerprint density at radius 3 is 2.71 bits per heavy atom. The molecule has 2 aliphatic heterocycles. The van der Waals surface area contributed by atoms with Gasteiger partial charge in [0.1, 0.15) is 5.66 Å². The van der Waals surface area contributed by atoms with Crippen LogP contribution in [-0.4, -0.2) is 39.8 Å². The van der Waals surface area contributed by atoms with E-state index in [0.29, 0.717) is 35.3 Å². The second-order valence-corrected chi connectivity index (χ2v) is 7.97. The monoisotopic (exact) mass is 422 g/mol. The van der Waals surface area contributed by atoms with Crippen LogP contribution in [0.3, 0.4) is 0 Å². The van der Waals surface area contributed by atoms with Gasteiger partial charge in [-0.05, 0) is 38.0 Å². The molecule has 1 unspecified atom stereocenters. The van der Waals surface area contributed by atoms with E-state index in [1.807, 2.05) is 6.92 Å². The molecule has 9 nitrogen and oxygen atoms in total. The number of nitro groups is 1. The Kier molecular flexibility index (Phi) is 4.96. The van der Waals surface area contributed by atoms with Crippen LogP contribution in [0.15, 0.2) is 42.5 Å². The van der Waals surface area contributed by atoms with E-state index in [0.717, 1.165) is 0 Å². The molecule has 0 aromatic heterocycles. The number of nitrogens with one attached hydrogen (secondary N) is 1. The van der Waals surface area contributed by atoms with Gasteiger partial charge in [-0.1, -0.05) is 18.2 Å². The summed E-state index contributed by atoms with van der Waals surface area (Å²) in [5.41, 5.74) is 1.15. The molecule has 160 valence electrons. The van der Waals surface area contributed by atoms with Gasteiger partial charge in [-0.3, -0.25) is 29.4 Å². The average Bonchev–Trinajstić information content (AvgIpc) is 3.04. The van der Waals surface area contributed by atoms with Crippen molar-refractivity contribution in [3.8, 4) is 0 Å². The van der Waals surface area contributed by atoms with Crippen LogP contribution < -0.4 is 10.2 Å². The van der Waals surface area contributed by atoms with E-state index >= 15 is 0 Å².